The Morgan fingerprint density at radius 3 is 2.44 bits per heavy atom. The SMILES string of the molecule is C[I-]C1CCCC1(F)F. The predicted octanol–water partition coefficient (Wildman–Crippen LogP) is -1.11. The van der Waals surface area contributed by atoms with Crippen LogP contribution in [0.1, 0.15) is 19.3 Å². The first-order valence-electron chi connectivity index (χ1n) is 3.02. The summed E-state index contributed by atoms with van der Waals surface area (Å²) in [7, 11) is 0. The molecule has 0 aromatic heterocycles. The van der Waals surface area contributed by atoms with Gasteiger partial charge in [0.05, 0.1) is 0 Å². The third-order valence-corrected chi connectivity index (χ3v) is 4.73. The van der Waals surface area contributed by atoms with Crippen molar-refractivity contribution in [3.63, 3.8) is 0 Å². The summed E-state index contributed by atoms with van der Waals surface area (Å²) in [6, 6.07) is 0. The topological polar surface area (TPSA) is 0 Å². The van der Waals surface area contributed by atoms with Gasteiger partial charge in [-0.25, -0.2) is 0 Å². The number of hydrogen-bond acceptors (Lipinski definition) is 0. The summed E-state index contributed by atoms with van der Waals surface area (Å²) >= 11 is -0.236. The average molecular weight is 247 g/mol. The summed E-state index contributed by atoms with van der Waals surface area (Å²) in [5, 5.41) is 0. The second-order valence-electron chi connectivity index (χ2n) is 2.34. The number of rotatable bonds is 1. The van der Waals surface area contributed by atoms with Gasteiger partial charge in [0.25, 0.3) is 0 Å². The van der Waals surface area contributed by atoms with Crippen molar-refractivity contribution < 1.29 is 30.0 Å². The second kappa shape index (κ2) is 2.68. The maximum atomic E-state index is 12.6. The van der Waals surface area contributed by atoms with Crippen LogP contribution in [0.3, 0.4) is 0 Å². The van der Waals surface area contributed by atoms with Gasteiger partial charge < -0.3 is 0 Å². The van der Waals surface area contributed by atoms with Gasteiger partial charge >= 0.3 is 64.0 Å². The van der Waals surface area contributed by atoms with Gasteiger partial charge in [0.15, 0.2) is 0 Å². The normalized spacial score (nSPS) is 33.4. The van der Waals surface area contributed by atoms with Crippen molar-refractivity contribution in [1.29, 1.82) is 0 Å². The van der Waals surface area contributed by atoms with E-state index in [1.54, 1.807) is 0 Å². The number of hydrogen-bond donors (Lipinski definition) is 0. The Bertz CT molecular complexity index is 103. The van der Waals surface area contributed by atoms with Crippen molar-refractivity contribution >= 4 is 0 Å². The van der Waals surface area contributed by atoms with Gasteiger partial charge in [-0.15, -0.1) is 0 Å². The molecular formula is C6H10F2I-. The Balaban J connectivity index is 2.52. The summed E-state index contributed by atoms with van der Waals surface area (Å²) in [4.78, 5) is 1.95. The maximum absolute atomic E-state index is 12.6. The van der Waals surface area contributed by atoms with Crippen molar-refractivity contribution in [2.45, 2.75) is 29.1 Å². The third kappa shape index (κ3) is 1.53. The molecule has 0 nitrogen and oxygen atoms in total. The fraction of sp³-hybridized carbons (Fsp3) is 1.00. The zero-order valence-corrected chi connectivity index (χ0v) is 7.49. The summed E-state index contributed by atoms with van der Waals surface area (Å²) < 4.78 is 25.1. The Morgan fingerprint density at radius 1 is 1.56 bits per heavy atom. The molecule has 0 N–H and O–H groups in total. The van der Waals surface area contributed by atoms with Crippen LogP contribution in [0.15, 0.2) is 0 Å². The fourth-order valence-corrected chi connectivity index (χ4v) is 3.44. The molecule has 0 heterocycles. The van der Waals surface area contributed by atoms with E-state index in [0.717, 1.165) is 12.8 Å². The van der Waals surface area contributed by atoms with E-state index in [1.165, 1.54) is 0 Å². The van der Waals surface area contributed by atoms with E-state index in [-0.39, 0.29) is 31.6 Å². The average Bonchev–Trinajstić information content (AvgIpc) is 2.08. The molecule has 0 bridgehead atoms. The molecule has 3 heteroatoms. The Kier molecular flexibility index (Phi) is 2.29. The van der Waals surface area contributed by atoms with Crippen molar-refractivity contribution in [3.8, 4) is 0 Å². The van der Waals surface area contributed by atoms with Gasteiger partial charge in [0, 0.05) is 0 Å². The van der Waals surface area contributed by atoms with E-state index in [2.05, 4.69) is 0 Å². The van der Waals surface area contributed by atoms with Crippen molar-refractivity contribution in [1.82, 2.24) is 0 Å². The van der Waals surface area contributed by atoms with Crippen molar-refractivity contribution in [2.75, 3.05) is 4.93 Å². The van der Waals surface area contributed by atoms with Crippen LogP contribution in [0.25, 0.3) is 0 Å². The zero-order valence-electron chi connectivity index (χ0n) is 5.33. The van der Waals surface area contributed by atoms with Gasteiger partial charge in [-0.05, 0) is 0 Å². The molecular weight excluding hydrogens is 237 g/mol. The molecule has 1 saturated carbocycles. The molecule has 56 valence electrons. The van der Waals surface area contributed by atoms with Gasteiger partial charge in [0.1, 0.15) is 0 Å². The fourth-order valence-electron chi connectivity index (χ4n) is 1.15. The molecule has 1 unspecified atom stereocenters. The predicted molar refractivity (Wildman–Crippen MR) is 28.5 cm³/mol. The standard InChI is InChI=1S/C6H10F2I/c1-9-5-3-2-4-6(5,7)8/h5H,2-4H2,1H3/q-1. The molecule has 0 amide bonds. The number of alkyl halides is 4. The quantitative estimate of drug-likeness (QED) is 0.407. The van der Waals surface area contributed by atoms with Crippen LogP contribution < -0.4 is 21.2 Å². The van der Waals surface area contributed by atoms with Crippen LogP contribution in [-0.2, 0) is 0 Å². The molecule has 0 spiro atoms. The van der Waals surface area contributed by atoms with E-state index in [0.29, 0.717) is 0 Å². The molecule has 0 aliphatic heterocycles. The molecule has 0 radical (unpaired) electrons. The molecule has 1 fully saturated rings. The van der Waals surface area contributed by atoms with Gasteiger partial charge in [-0.3, -0.25) is 0 Å². The minimum atomic E-state index is -2.29. The van der Waals surface area contributed by atoms with E-state index < -0.39 is 5.92 Å². The number of halogens is 3. The molecule has 9 heavy (non-hydrogen) atoms. The van der Waals surface area contributed by atoms with Crippen LogP contribution in [0.2, 0.25) is 0 Å². The zero-order chi connectivity index (χ0) is 6.91. The van der Waals surface area contributed by atoms with E-state index in [1.807, 2.05) is 4.93 Å². The Morgan fingerprint density at radius 2 is 2.22 bits per heavy atom. The van der Waals surface area contributed by atoms with Crippen LogP contribution in [0.4, 0.5) is 8.78 Å². The molecule has 1 atom stereocenters. The molecule has 0 saturated heterocycles. The molecule has 1 rings (SSSR count). The summed E-state index contributed by atoms with van der Waals surface area (Å²) in [6.07, 6.45) is 1.66. The van der Waals surface area contributed by atoms with Crippen LogP contribution in [0, 0.1) is 0 Å². The summed E-state index contributed by atoms with van der Waals surface area (Å²) in [5.41, 5.74) is 0. The molecule has 0 aromatic rings. The summed E-state index contributed by atoms with van der Waals surface area (Å²) in [6.45, 7) is 0. The van der Waals surface area contributed by atoms with Crippen molar-refractivity contribution in [3.05, 3.63) is 0 Å². The van der Waals surface area contributed by atoms with Crippen LogP contribution >= 0.6 is 0 Å². The summed E-state index contributed by atoms with van der Waals surface area (Å²) in [5.74, 6) is -2.29. The second-order valence-corrected chi connectivity index (χ2v) is 5.09. The van der Waals surface area contributed by atoms with Crippen LogP contribution in [0.5, 0.6) is 0 Å². The van der Waals surface area contributed by atoms with Gasteiger partial charge in [-0.2, -0.15) is 0 Å². The van der Waals surface area contributed by atoms with E-state index in [4.69, 9.17) is 0 Å². The van der Waals surface area contributed by atoms with E-state index in [9.17, 15) is 8.78 Å². The Labute approximate surface area is 64.3 Å². The first-order valence-corrected chi connectivity index (χ1v) is 6.43. The Hall–Kier alpha value is 0.590. The molecule has 1 aliphatic rings. The first-order chi connectivity index (χ1) is 4.17. The molecule has 1 aliphatic carbocycles. The monoisotopic (exact) mass is 247 g/mol. The van der Waals surface area contributed by atoms with Gasteiger partial charge in [0.2, 0.25) is 0 Å². The third-order valence-electron chi connectivity index (χ3n) is 1.69. The van der Waals surface area contributed by atoms with Gasteiger partial charge in [-0.1, -0.05) is 0 Å². The van der Waals surface area contributed by atoms with Crippen molar-refractivity contribution in [2.24, 2.45) is 0 Å². The van der Waals surface area contributed by atoms with Crippen LogP contribution in [-0.4, -0.2) is 14.8 Å². The minimum absolute atomic E-state index is 0.144. The molecule has 0 aromatic carbocycles. The first kappa shape index (κ1) is 7.69. The van der Waals surface area contributed by atoms with E-state index >= 15 is 0 Å².